The zero-order chi connectivity index (χ0) is 11.8. The number of nitrogens with zero attached hydrogens (tertiary/aromatic N) is 2. The molecule has 2 aromatic heterocycles. The number of aromatic nitrogens is 2. The van der Waals surface area contributed by atoms with Gasteiger partial charge in [-0.05, 0) is 12.1 Å². The fourth-order valence-electron chi connectivity index (χ4n) is 1.07. The molecule has 0 atom stereocenters. The Kier molecular flexibility index (Phi) is 2.86. The predicted octanol–water partition coefficient (Wildman–Crippen LogP) is 3.88. The van der Waals surface area contributed by atoms with Gasteiger partial charge in [0.15, 0.2) is 0 Å². The summed E-state index contributed by atoms with van der Waals surface area (Å²) in [6.07, 6.45) is -3.28. The van der Waals surface area contributed by atoms with Crippen LogP contribution in [0.3, 0.4) is 0 Å². The number of halogens is 4. The molecule has 0 N–H and O–H groups in total. The molecule has 0 aliphatic rings. The Balaban J connectivity index is 2.33. The van der Waals surface area contributed by atoms with Crippen molar-refractivity contribution in [1.29, 1.82) is 0 Å². The van der Waals surface area contributed by atoms with Gasteiger partial charge in [-0.3, -0.25) is 4.98 Å². The highest BCUT2D eigenvalue weighted by Gasteiger charge is 2.32. The maximum atomic E-state index is 12.2. The maximum Gasteiger partial charge on any atom is 0.433 e. The van der Waals surface area contributed by atoms with E-state index in [-0.39, 0.29) is 0 Å². The van der Waals surface area contributed by atoms with Crippen molar-refractivity contribution in [3.63, 3.8) is 0 Å². The predicted molar refractivity (Wildman–Crippen MR) is 55.4 cm³/mol. The Morgan fingerprint density at radius 3 is 2.44 bits per heavy atom. The van der Waals surface area contributed by atoms with Crippen LogP contribution < -0.4 is 0 Å². The first-order chi connectivity index (χ1) is 7.47. The summed E-state index contributed by atoms with van der Waals surface area (Å²) < 4.78 is 36.7. The second-order valence-corrected chi connectivity index (χ2v) is 4.15. The van der Waals surface area contributed by atoms with Crippen LogP contribution in [0.1, 0.15) is 5.69 Å². The van der Waals surface area contributed by atoms with Crippen molar-refractivity contribution in [1.82, 2.24) is 9.97 Å². The molecule has 7 heteroatoms. The molecule has 2 rings (SSSR count). The van der Waals surface area contributed by atoms with Crippen LogP contribution in [0.15, 0.2) is 23.7 Å². The SMILES string of the molecule is FC(F)(F)c1ccc(-c2nc(Cl)cs2)cn1. The number of rotatable bonds is 1. The highest BCUT2D eigenvalue weighted by molar-refractivity contribution is 7.13. The van der Waals surface area contributed by atoms with E-state index in [1.807, 2.05) is 0 Å². The van der Waals surface area contributed by atoms with E-state index in [4.69, 9.17) is 11.6 Å². The average molecular weight is 265 g/mol. The number of hydrogen-bond acceptors (Lipinski definition) is 3. The fraction of sp³-hybridized carbons (Fsp3) is 0.111. The molecule has 0 spiro atoms. The zero-order valence-corrected chi connectivity index (χ0v) is 9.20. The number of hydrogen-bond donors (Lipinski definition) is 0. The molecule has 0 radical (unpaired) electrons. The number of pyridine rings is 1. The molecule has 0 aliphatic heterocycles. The second kappa shape index (κ2) is 4.03. The number of thiazole rings is 1. The maximum absolute atomic E-state index is 12.2. The summed E-state index contributed by atoms with van der Waals surface area (Å²) in [6, 6.07) is 2.25. The summed E-state index contributed by atoms with van der Waals surface area (Å²) in [5, 5.41) is 2.47. The molecule has 0 aromatic carbocycles. The number of alkyl halides is 3. The third-order valence-corrected chi connectivity index (χ3v) is 2.99. The van der Waals surface area contributed by atoms with Gasteiger partial charge < -0.3 is 0 Å². The van der Waals surface area contributed by atoms with Crippen molar-refractivity contribution in [2.24, 2.45) is 0 Å². The van der Waals surface area contributed by atoms with E-state index in [9.17, 15) is 13.2 Å². The molecule has 2 heterocycles. The summed E-state index contributed by atoms with van der Waals surface area (Å²) in [6.45, 7) is 0. The quantitative estimate of drug-likeness (QED) is 0.781. The Morgan fingerprint density at radius 1 is 1.25 bits per heavy atom. The van der Waals surface area contributed by atoms with Gasteiger partial charge in [-0.25, -0.2) is 4.98 Å². The first-order valence-electron chi connectivity index (χ1n) is 4.11. The van der Waals surface area contributed by atoms with E-state index in [2.05, 4.69) is 9.97 Å². The Labute approximate surface area is 97.7 Å². The monoisotopic (exact) mass is 264 g/mol. The molecule has 0 saturated heterocycles. The molecule has 0 unspecified atom stereocenters. The third kappa shape index (κ3) is 2.33. The van der Waals surface area contributed by atoms with Gasteiger partial charge in [0, 0.05) is 17.1 Å². The molecule has 16 heavy (non-hydrogen) atoms. The molecule has 2 aromatic rings. The molecule has 0 aliphatic carbocycles. The lowest BCUT2D eigenvalue weighted by Gasteiger charge is -2.04. The van der Waals surface area contributed by atoms with Crippen LogP contribution in [0.5, 0.6) is 0 Å². The van der Waals surface area contributed by atoms with E-state index >= 15 is 0 Å². The highest BCUT2D eigenvalue weighted by atomic mass is 35.5. The third-order valence-electron chi connectivity index (χ3n) is 1.78. The van der Waals surface area contributed by atoms with Gasteiger partial charge in [0.2, 0.25) is 0 Å². The van der Waals surface area contributed by atoms with Gasteiger partial charge in [-0.15, -0.1) is 11.3 Å². The topological polar surface area (TPSA) is 25.8 Å². The molecular formula is C9H4ClF3N2S. The molecule has 0 fully saturated rings. The van der Waals surface area contributed by atoms with E-state index in [0.717, 1.165) is 12.3 Å². The fourth-order valence-corrected chi connectivity index (χ4v) is 2.01. The van der Waals surface area contributed by atoms with Crippen molar-refractivity contribution in [2.75, 3.05) is 0 Å². The Hall–Kier alpha value is -1.14. The van der Waals surface area contributed by atoms with E-state index in [0.29, 0.717) is 15.7 Å². The van der Waals surface area contributed by atoms with E-state index in [1.54, 1.807) is 5.38 Å². The molecule has 0 amide bonds. The molecule has 0 saturated carbocycles. The van der Waals surface area contributed by atoms with Crippen LogP contribution in [-0.2, 0) is 6.18 Å². The zero-order valence-electron chi connectivity index (χ0n) is 7.62. The smallest absolute Gasteiger partial charge is 0.251 e. The normalized spacial score (nSPS) is 11.8. The highest BCUT2D eigenvalue weighted by Crippen LogP contribution is 2.30. The van der Waals surface area contributed by atoms with Gasteiger partial charge in [0.1, 0.15) is 15.9 Å². The van der Waals surface area contributed by atoms with Gasteiger partial charge in [0.05, 0.1) is 0 Å². The summed E-state index contributed by atoms with van der Waals surface area (Å²) in [7, 11) is 0. The Morgan fingerprint density at radius 2 is 2.00 bits per heavy atom. The van der Waals surface area contributed by atoms with Crippen molar-refractivity contribution in [3.8, 4) is 10.6 Å². The lowest BCUT2D eigenvalue weighted by atomic mass is 10.2. The molecule has 0 bridgehead atoms. The Bertz CT molecular complexity index is 492. The molecule has 2 nitrogen and oxygen atoms in total. The van der Waals surface area contributed by atoms with Crippen molar-refractivity contribution < 1.29 is 13.2 Å². The minimum Gasteiger partial charge on any atom is -0.251 e. The second-order valence-electron chi connectivity index (χ2n) is 2.91. The van der Waals surface area contributed by atoms with E-state index in [1.165, 1.54) is 17.4 Å². The summed E-state index contributed by atoms with van der Waals surface area (Å²) >= 11 is 6.86. The summed E-state index contributed by atoms with van der Waals surface area (Å²) in [4.78, 5) is 7.27. The van der Waals surface area contributed by atoms with Crippen LogP contribution in [-0.4, -0.2) is 9.97 Å². The van der Waals surface area contributed by atoms with Gasteiger partial charge >= 0.3 is 6.18 Å². The lowest BCUT2D eigenvalue weighted by Crippen LogP contribution is -2.07. The summed E-state index contributed by atoms with van der Waals surface area (Å²) in [5.41, 5.74) is -0.399. The van der Waals surface area contributed by atoms with Gasteiger partial charge in [-0.1, -0.05) is 11.6 Å². The first-order valence-corrected chi connectivity index (χ1v) is 5.37. The van der Waals surface area contributed by atoms with Crippen molar-refractivity contribution >= 4 is 22.9 Å². The van der Waals surface area contributed by atoms with Crippen LogP contribution in [0.4, 0.5) is 13.2 Å². The standard InChI is InChI=1S/C9H4ClF3N2S/c10-7-4-16-8(15-7)5-1-2-6(14-3-5)9(11,12)13/h1-4H. The molecule has 84 valence electrons. The van der Waals surface area contributed by atoms with Gasteiger partial charge in [0.25, 0.3) is 0 Å². The van der Waals surface area contributed by atoms with Crippen LogP contribution in [0, 0.1) is 0 Å². The van der Waals surface area contributed by atoms with E-state index < -0.39 is 11.9 Å². The van der Waals surface area contributed by atoms with Crippen LogP contribution >= 0.6 is 22.9 Å². The first kappa shape index (κ1) is 11.3. The van der Waals surface area contributed by atoms with Crippen LogP contribution in [0.25, 0.3) is 10.6 Å². The minimum atomic E-state index is -4.42. The molecular weight excluding hydrogens is 261 g/mol. The largest absolute Gasteiger partial charge is 0.433 e. The van der Waals surface area contributed by atoms with Gasteiger partial charge in [-0.2, -0.15) is 13.2 Å². The lowest BCUT2D eigenvalue weighted by molar-refractivity contribution is -0.141. The van der Waals surface area contributed by atoms with Crippen molar-refractivity contribution in [3.05, 3.63) is 34.6 Å². The average Bonchev–Trinajstić information content (AvgIpc) is 2.64. The van der Waals surface area contributed by atoms with Crippen LogP contribution in [0.2, 0.25) is 5.15 Å². The van der Waals surface area contributed by atoms with Crippen molar-refractivity contribution in [2.45, 2.75) is 6.18 Å². The summed E-state index contributed by atoms with van der Waals surface area (Å²) in [5.74, 6) is 0. The minimum absolute atomic E-state index is 0.319.